The van der Waals surface area contributed by atoms with E-state index in [1.165, 1.54) is 0 Å². The number of rotatable bonds is 8. The maximum atomic E-state index is 12.3. The molecule has 2 rings (SSSR count). The number of carboxylic acid groups (broad SMARTS) is 1. The van der Waals surface area contributed by atoms with Gasteiger partial charge in [0, 0.05) is 11.6 Å². The lowest BCUT2D eigenvalue weighted by atomic mass is 10.0. The van der Waals surface area contributed by atoms with Crippen molar-refractivity contribution in [1.82, 2.24) is 0 Å². The summed E-state index contributed by atoms with van der Waals surface area (Å²) in [5.41, 5.74) is 1.26. The van der Waals surface area contributed by atoms with Crippen LogP contribution in [0.15, 0.2) is 54.6 Å². The van der Waals surface area contributed by atoms with Crippen LogP contribution < -0.4 is 10.1 Å². The van der Waals surface area contributed by atoms with Crippen LogP contribution in [-0.2, 0) is 9.59 Å². The van der Waals surface area contributed by atoms with E-state index in [4.69, 9.17) is 9.84 Å². The second-order valence-corrected chi connectivity index (χ2v) is 6.03. The quantitative estimate of drug-likeness (QED) is 0.763. The van der Waals surface area contributed by atoms with Crippen LogP contribution >= 0.6 is 0 Å². The molecule has 0 bridgehead atoms. The van der Waals surface area contributed by atoms with Gasteiger partial charge in [0.25, 0.3) is 0 Å². The number of nitrogens with one attached hydrogen (secondary N) is 1. The van der Waals surface area contributed by atoms with Crippen LogP contribution in [0.25, 0.3) is 0 Å². The zero-order chi connectivity index (χ0) is 18.2. The number of benzene rings is 2. The third kappa shape index (κ3) is 5.64. The molecule has 1 amide bonds. The van der Waals surface area contributed by atoms with Gasteiger partial charge in [-0.2, -0.15) is 0 Å². The minimum atomic E-state index is -0.894. The molecule has 25 heavy (non-hydrogen) atoms. The van der Waals surface area contributed by atoms with Gasteiger partial charge in [-0.05, 0) is 43.2 Å². The minimum absolute atomic E-state index is 0.114. The third-order valence-corrected chi connectivity index (χ3v) is 4.03. The van der Waals surface area contributed by atoms with Gasteiger partial charge in [-0.25, -0.2) is 0 Å². The highest BCUT2D eigenvalue weighted by Gasteiger charge is 2.16. The molecule has 2 unspecified atom stereocenters. The maximum absolute atomic E-state index is 12.3. The number of para-hydroxylation sites is 1. The van der Waals surface area contributed by atoms with E-state index in [1.54, 1.807) is 31.2 Å². The first-order valence-corrected chi connectivity index (χ1v) is 8.29. The highest BCUT2D eigenvalue weighted by atomic mass is 16.5. The van der Waals surface area contributed by atoms with Crippen LogP contribution in [0, 0.1) is 5.92 Å². The van der Waals surface area contributed by atoms with E-state index in [2.05, 4.69) is 5.32 Å². The largest absolute Gasteiger partial charge is 0.494 e. The average molecular weight is 341 g/mol. The summed E-state index contributed by atoms with van der Waals surface area (Å²) >= 11 is 0. The molecule has 0 aliphatic rings. The Hall–Kier alpha value is -2.82. The summed E-state index contributed by atoms with van der Waals surface area (Å²) < 4.78 is 5.61. The van der Waals surface area contributed by atoms with Crippen molar-refractivity contribution in [2.75, 3.05) is 11.9 Å². The van der Waals surface area contributed by atoms with E-state index in [-0.39, 0.29) is 11.8 Å². The number of ether oxygens (including phenoxy) is 1. The molecule has 2 aromatic rings. The number of anilines is 1. The van der Waals surface area contributed by atoms with Gasteiger partial charge < -0.3 is 15.2 Å². The molecule has 0 spiro atoms. The molecule has 132 valence electrons. The average Bonchev–Trinajstić information content (AvgIpc) is 2.62. The topological polar surface area (TPSA) is 75.6 Å². The molecule has 2 atom stereocenters. The Morgan fingerprint density at radius 1 is 1.08 bits per heavy atom. The van der Waals surface area contributed by atoms with E-state index >= 15 is 0 Å². The fourth-order valence-corrected chi connectivity index (χ4v) is 2.30. The molecule has 5 heteroatoms. The summed E-state index contributed by atoms with van der Waals surface area (Å²) in [6.45, 7) is 3.91. The van der Waals surface area contributed by atoms with Crippen LogP contribution in [0.1, 0.15) is 31.7 Å². The van der Waals surface area contributed by atoms with E-state index in [1.807, 2.05) is 37.3 Å². The third-order valence-electron chi connectivity index (χ3n) is 4.03. The van der Waals surface area contributed by atoms with Crippen molar-refractivity contribution in [2.45, 2.75) is 26.2 Å². The second kappa shape index (κ2) is 8.87. The van der Waals surface area contributed by atoms with Crippen molar-refractivity contribution in [3.63, 3.8) is 0 Å². The fraction of sp³-hybridized carbons (Fsp3) is 0.300. The smallest absolute Gasteiger partial charge is 0.310 e. The van der Waals surface area contributed by atoms with Gasteiger partial charge in [0.1, 0.15) is 5.75 Å². The highest BCUT2D eigenvalue weighted by Crippen LogP contribution is 2.20. The van der Waals surface area contributed by atoms with Crippen molar-refractivity contribution in [1.29, 1.82) is 0 Å². The van der Waals surface area contributed by atoms with Gasteiger partial charge in [0.2, 0.25) is 5.91 Å². The molecular formula is C20H23NO4. The van der Waals surface area contributed by atoms with Crippen molar-refractivity contribution < 1.29 is 19.4 Å². The zero-order valence-electron chi connectivity index (χ0n) is 14.4. The van der Waals surface area contributed by atoms with Crippen LogP contribution in [0.4, 0.5) is 5.69 Å². The Balaban J connectivity index is 1.86. The van der Waals surface area contributed by atoms with Gasteiger partial charge in [-0.15, -0.1) is 0 Å². The maximum Gasteiger partial charge on any atom is 0.310 e. The summed E-state index contributed by atoms with van der Waals surface area (Å²) in [5.74, 6) is -1.06. The van der Waals surface area contributed by atoms with Gasteiger partial charge in [0.05, 0.1) is 12.5 Å². The normalized spacial score (nSPS) is 12.9. The van der Waals surface area contributed by atoms with Gasteiger partial charge >= 0.3 is 5.97 Å². The van der Waals surface area contributed by atoms with Crippen molar-refractivity contribution in [2.24, 2.45) is 5.92 Å². The summed E-state index contributed by atoms with van der Waals surface area (Å²) in [4.78, 5) is 23.4. The monoisotopic (exact) mass is 341 g/mol. The molecule has 0 aliphatic heterocycles. The Morgan fingerprint density at radius 3 is 2.48 bits per heavy atom. The Labute approximate surface area is 147 Å². The number of hydrogen-bond donors (Lipinski definition) is 2. The zero-order valence-corrected chi connectivity index (χ0v) is 14.4. The second-order valence-electron chi connectivity index (χ2n) is 6.03. The van der Waals surface area contributed by atoms with Gasteiger partial charge in [-0.3, -0.25) is 9.59 Å². The number of carbonyl (C=O) groups excluding carboxylic acids is 1. The highest BCUT2D eigenvalue weighted by molar-refractivity contribution is 5.92. The minimum Gasteiger partial charge on any atom is -0.494 e. The molecular weight excluding hydrogens is 318 g/mol. The van der Waals surface area contributed by atoms with E-state index < -0.39 is 11.9 Å². The van der Waals surface area contributed by atoms with E-state index in [9.17, 15) is 9.59 Å². The Morgan fingerprint density at radius 2 is 1.80 bits per heavy atom. The molecule has 2 aromatic carbocycles. The molecule has 0 saturated carbocycles. The molecule has 0 heterocycles. The van der Waals surface area contributed by atoms with Crippen LogP contribution in [0.5, 0.6) is 5.75 Å². The standard InChI is InChI=1S/C20H23NO4/c1-14(11-12-25-18-9-4-3-5-10-18)19(22)21-17-8-6-7-16(13-17)15(2)20(23)24/h3-10,13-15H,11-12H2,1-2H3,(H,21,22)(H,23,24). The van der Waals surface area contributed by atoms with Crippen LogP contribution in [-0.4, -0.2) is 23.6 Å². The van der Waals surface area contributed by atoms with Crippen LogP contribution in [0.2, 0.25) is 0 Å². The first-order valence-electron chi connectivity index (χ1n) is 8.29. The van der Waals surface area contributed by atoms with Crippen molar-refractivity contribution in [3.8, 4) is 5.75 Å². The molecule has 0 aromatic heterocycles. The molecule has 0 fully saturated rings. The molecule has 5 nitrogen and oxygen atoms in total. The van der Waals surface area contributed by atoms with Gasteiger partial charge in [-0.1, -0.05) is 37.3 Å². The summed E-state index contributed by atoms with van der Waals surface area (Å²) in [7, 11) is 0. The molecule has 2 N–H and O–H groups in total. The number of aliphatic carboxylic acids is 1. The Bertz CT molecular complexity index is 715. The molecule has 0 radical (unpaired) electrons. The van der Waals surface area contributed by atoms with Crippen molar-refractivity contribution in [3.05, 3.63) is 60.2 Å². The number of hydrogen-bond acceptors (Lipinski definition) is 3. The predicted octanol–water partition coefficient (Wildman–Crippen LogP) is 3.92. The van der Waals surface area contributed by atoms with Crippen molar-refractivity contribution >= 4 is 17.6 Å². The lowest BCUT2D eigenvalue weighted by Crippen LogP contribution is -2.22. The van der Waals surface area contributed by atoms with E-state index in [0.29, 0.717) is 24.3 Å². The van der Waals surface area contributed by atoms with Gasteiger partial charge in [0.15, 0.2) is 0 Å². The van der Waals surface area contributed by atoms with Crippen LogP contribution in [0.3, 0.4) is 0 Å². The first-order chi connectivity index (χ1) is 12.0. The summed E-state index contributed by atoms with van der Waals surface area (Å²) in [5, 5.41) is 11.9. The SMILES string of the molecule is CC(CCOc1ccccc1)C(=O)Nc1cccc(C(C)C(=O)O)c1. The molecule has 0 aliphatic carbocycles. The first kappa shape index (κ1) is 18.5. The number of amides is 1. The fourth-order valence-electron chi connectivity index (χ4n) is 2.30. The predicted molar refractivity (Wildman–Crippen MR) is 96.8 cm³/mol. The van der Waals surface area contributed by atoms with E-state index in [0.717, 1.165) is 5.75 Å². The lowest BCUT2D eigenvalue weighted by Gasteiger charge is -2.14. The summed E-state index contributed by atoms with van der Waals surface area (Å²) in [6, 6.07) is 16.4. The Kier molecular flexibility index (Phi) is 6.57. The number of carboxylic acids is 1. The lowest BCUT2D eigenvalue weighted by molar-refractivity contribution is -0.138. The number of carbonyl (C=O) groups is 2. The molecule has 0 saturated heterocycles. The summed E-state index contributed by atoms with van der Waals surface area (Å²) in [6.07, 6.45) is 0.589.